The van der Waals surface area contributed by atoms with Gasteiger partial charge in [-0.05, 0) is 18.2 Å². The van der Waals surface area contributed by atoms with Crippen LogP contribution in [0.2, 0.25) is 0 Å². The molecule has 1 aliphatic heterocycles. The van der Waals surface area contributed by atoms with Crippen LogP contribution in [-0.2, 0) is 14.5 Å². The van der Waals surface area contributed by atoms with Gasteiger partial charge in [-0.25, -0.2) is 9.28 Å². The first-order valence-electron chi connectivity index (χ1n) is 10.8. The number of halogens is 1. The highest BCUT2D eigenvalue weighted by molar-refractivity contribution is 5.97. The lowest BCUT2D eigenvalue weighted by atomic mass is 10.1. The molecule has 2 aromatic rings. The predicted octanol–water partition coefficient (Wildman–Crippen LogP) is 2.17. The molecule has 1 aliphatic rings. The van der Waals surface area contributed by atoms with Gasteiger partial charge in [0.25, 0.3) is 0 Å². The largest absolute Gasteiger partial charge is 0.382 e. The van der Waals surface area contributed by atoms with Crippen LogP contribution in [0.1, 0.15) is 17.3 Å². The van der Waals surface area contributed by atoms with E-state index in [0.29, 0.717) is 43.2 Å². The maximum atomic E-state index is 14.8. The zero-order chi connectivity index (χ0) is 23.6. The second-order valence-corrected chi connectivity index (χ2v) is 7.68. The minimum atomic E-state index is -0.677. The molecule has 33 heavy (non-hydrogen) atoms. The van der Waals surface area contributed by atoms with Crippen molar-refractivity contribution in [3.8, 4) is 0 Å². The van der Waals surface area contributed by atoms with E-state index in [1.54, 1.807) is 29.3 Å². The monoisotopic (exact) mass is 460 g/mol. The fraction of sp³-hybridized carbons (Fsp3) is 0.391. The third-order valence-electron chi connectivity index (χ3n) is 5.22. The lowest BCUT2D eigenvalue weighted by Crippen LogP contribution is -2.36. The molecule has 3 N–H and O–H groups in total. The second kappa shape index (κ2) is 12.3. The number of ketones is 1. The molecule has 178 valence electrons. The lowest BCUT2D eigenvalue weighted by molar-refractivity contribution is -0.272. The Hall–Kier alpha value is -3.05. The summed E-state index contributed by atoms with van der Waals surface area (Å²) >= 11 is 0. The number of rotatable bonds is 10. The van der Waals surface area contributed by atoms with Crippen molar-refractivity contribution < 1.29 is 29.0 Å². The number of hydrogen-bond acceptors (Lipinski definition) is 8. The third kappa shape index (κ3) is 7.50. The SMILES string of the molecule is CC(=O)NC[C@@H](CNc1ccc(N2CCON(CC(=O)c3ccccc3)CC2)c(F)c1)OO. The lowest BCUT2D eigenvalue weighted by Gasteiger charge is -2.23. The van der Waals surface area contributed by atoms with Crippen molar-refractivity contribution in [2.45, 2.75) is 13.0 Å². The van der Waals surface area contributed by atoms with Gasteiger partial charge in [-0.15, -0.1) is 0 Å². The van der Waals surface area contributed by atoms with Gasteiger partial charge in [0.15, 0.2) is 5.78 Å². The first-order chi connectivity index (χ1) is 16.0. The van der Waals surface area contributed by atoms with E-state index in [-0.39, 0.29) is 31.3 Å². The van der Waals surface area contributed by atoms with Crippen LogP contribution in [0, 0.1) is 5.82 Å². The predicted molar refractivity (Wildman–Crippen MR) is 122 cm³/mol. The topological polar surface area (TPSA) is 103 Å². The summed E-state index contributed by atoms with van der Waals surface area (Å²) in [6, 6.07) is 13.8. The number of nitrogens with zero attached hydrogens (tertiary/aromatic N) is 2. The van der Waals surface area contributed by atoms with Gasteiger partial charge in [-0.3, -0.25) is 19.7 Å². The van der Waals surface area contributed by atoms with Crippen molar-refractivity contribution in [1.29, 1.82) is 0 Å². The zero-order valence-corrected chi connectivity index (χ0v) is 18.5. The molecule has 3 rings (SSSR count). The van der Waals surface area contributed by atoms with Gasteiger partial charge in [0, 0.05) is 50.9 Å². The molecule has 2 aromatic carbocycles. The zero-order valence-electron chi connectivity index (χ0n) is 18.5. The van der Waals surface area contributed by atoms with Crippen LogP contribution >= 0.6 is 0 Å². The van der Waals surface area contributed by atoms with Crippen molar-refractivity contribution in [3.63, 3.8) is 0 Å². The molecule has 0 aliphatic carbocycles. The van der Waals surface area contributed by atoms with E-state index in [4.69, 9.17) is 10.1 Å². The number of Topliss-reactive ketones (excluding diaryl/α,β-unsaturated/α-hetero) is 1. The molecule has 1 atom stereocenters. The van der Waals surface area contributed by atoms with Gasteiger partial charge in [-0.2, -0.15) is 5.06 Å². The number of anilines is 2. The third-order valence-corrected chi connectivity index (χ3v) is 5.22. The number of benzene rings is 2. The molecule has 1 amide bonds. The highest BCUT2D eigenvalue weighted by atomic mass is 19.1. The minimum Gasteiger partial charge on any atom is -0.382 e. The molecular formula is C23H29FN4O5. The van der Waals surface area contributed by atoms with Crippen molar-refractivity contribution in [2.75, 3.05) is 56.1 Å². The summed E-state index contributed by atoms with van der Waals surface area (Å²) in [6.45, 7) is 3.57. The van der Waals surface area contributed by atoms with E-state index in [1.165, 1.54) is 13.0 Å². The Kier molecular flexibility index (Phi) is 9.14. The summed E-state index contributed by atoms with van der Waals surface area (Å²) in [6.07, 6.45) is -0.677. The molecule has 1 fully saturated rings. The first-order valence-corrected chi connectivity index (χ1v) is 10.8. The number of amides is 1. The Morgan fingerprint density at radius 3 is 2.64 bits per heavy atom. The smallest absolute Gasteiger partial charge is 0.216 e. The number of nitrogens with one attached hydrogen (secondary N) is 2. The van der Waals surface area contributed by atoms with E-state index in [9.17, 15) is 14.0 Å². The number of hydroxylamine groups is 2. The van der Waals surface area contributed by atoms with Gasteiger partial charge in [0.2, 0.25) is 5.91 Å². The van der Waals surface area contributed by atoms with Crippen molar-refractivity contribution >= 4 is 23.1 Å². The van der Waals surface area contributed by atoms with Crippen molar-refractivity contribution in [2.24, 2.45) is 0 Å². The van der Waals surface area contributed by atoms with E-state index in [2.05, 4.69) is 15.5 Å². The molecule has 0 unspecified atom stereocenters. The average molecular weight is 461 g/mol. The molecule has 1 saturated heterocycles. The van der Waals surface area contributed by atoms with Crippen LogP contribution in [0.4, 0.5) is 15.8 Å². The Bertz CT molecular complexity index is 930. The van der Waals surface area contributed by atoms with Gasteiger partial charge in [0.05, 0.1) is 18.8 Å². The molecule has 0 saturated carbocycles. The molecular weight excluding hydrogens is 431 g/mol. The number of hydrogen-bond donors (Lipinski definition) is 3. The molecule has 9 nitrogen and oxygen atoms in total. The van der Waals surface area contributed by atoms with Gasteiger partial charge in [0.1, 0.15) is 11.9 Å². The van der Waals surface area contributed by atoms with Crippen LogP contribution < -0.4 is 15.5 Å². The summed E-state index contributed by atoms with van der Waals surface area (Å²) in [5.74, 6) is -0.677. The van der Waals surface area contributed by atoms with Crippen LogP contribution in [0.5, 0.6) is 0 Å². The summed E-state index contributed by atoms with van der Waals surface area (Å²) in [4.78, 5) is 35.3. The number of carbonyl (C=O) groups is 2. The Morgan fingerprint density at radius 2 is 1.94 bits per heavy atom. The van der Waals surface area contributed by atoms with E-state index in [0.717, 1.165) is 0 Å². The summed E-state index contributed by atoms with van der Waals surface area (Å²) < 4.78 is 14.8. The molecule has 0 aromatic heterocycles. The highest BCUT2D eigenvalue weighted by Crippen LogP contribution is 2.24. The molecule has 0 spiro atoms. The minimum absolute atomic E-state index is 0.0330. The van der Waals surface area contributed by atoms with E-state index < -0.39 is 11.9 Å². The van der Waals surface area contributed by atoms with Crippen molar-refractivity contribution in [1.82, 2.24) is 10.4 Å². The second-order valence-electron chi connectivity index (χ2n) is 7.68. The maximum Gasteiger partial charge on any atom is 0.216 e. The first kappa shape index (κ1) is 24.6. The van der Waals surface area contributed by atoms with Crippen LogP contribution in [0.3, 0.4) is 0 Å². The Morgan fingerprint density at radius 1 is 1.15 bits per heavy atom. The van der Waals surface area contributed by atoms with Gasteiger partial charge in [-0.1, -0.05) is 30.3 Å². The Labute approximate surface area is 192 Å². The molecule has 0 radical (unpaired) electrons. The number of carbonyl (C=O) groups excluding carboxylic acids is 2. The average Bonchev–Trinajstić information content (AvgIpc) is 3.05. The summed E-state index contributed by atoms with van der Waals surface area (Å²) in [5.41, 5.74) is 1.58. The normalized spacial score (nSPS) is 15.5. The maximum absolute atomic E-state index is 14.8. The summed E-state index contributed by atoms with van der Waals surface area (Å²) in [5, 5.41) is 16.1. The molecule has 10 heteroatoms. The van der Waals surface area contributed by atoms with Gasteiger partial charge < -0.3 is 15.5 Å². The van der Waals surface area contributed by atoms with Crippen LogP contribution in [0.15, 0.2) is 48.5 Å². The summed E-state index contributed by atoms with van der Waals surface area (Å²) in [7, 11) is 0. The standard InChI is InChI=1S/C23H29FN4O5/c1-17(29)25-14-20(33-31)15-26-19-7-8-22(21(24)13-19)27-9-10-28(32-12-11-27)16-23(30)18-5-3-2-4-6-18/h2-8,13,20,26,31H,9-12,14-16H2,1H3,(H,25,29)/t20-/m0/s1. The van der Waals surface area contributed by atoms with E-state index in [1.807, 2.05) is 23.1 Å². The molecule has 1 heterocycles. The molecule has 0 bridgehead atoms. The van der Waals surface area contributed by atoms with Crippen LogP contribution in [-0.4, -0.2) is 74.0 Å². The van der Waals surface area contributed by atoms with Crippen LogP contribution in [0.25, 0.3) is 0 Å². The fourth-order valence-corrected chi connectivity index (χ4v) is 3.44. The Balaban J connectivity index is 1.53. The highest BCUT2D eigenvalue weighted by Gasteiger charge is 2.21. The quantitative estimate of drug-likeness (QED) is 0.282. The van der Waals surface area contributed by atoms with Gasteiger partial charge >= 0.3 is 0 Å². The van der Waals surface area contributed by atoms with E-state index >= 15 is 0 Å². The fourth-order valence-electron chi connectivity index (χ4n) is 3.44. The van der Waals surface area contributed by atoms with Crippen molar-refractivity contribution in [3.05, 3.63) is 59.9 Å².